The fourth-order valence-corrected chi connectivity index (χ4v) is 4.57. The first kappa shape index (κ1) is 24.0. The lowest BCUT2D eigenvalue weighted by atomic mass is 10.0. The predicted octanol–water partition coefficient (Wildman–Crippen LogP) is 4.33. The molecule has 1 fully saturated rings. The molecule has 0 spiro atoms. The van der Waals surface area contributed by atoms with Gasteiger partial charge in [-0.15, -0.1) is 0 Å². The highest BCUT2D eigenvalue weighted by Crippen LogP contribution is 2.25. The van der Waals surface area contributed by atoms with Crippen LogP contribution in [0.2, 0.25) is 0 Å². The SMILES string of the molecule is CCCCOc1nc(N)c2[nH]c(=O)n(Cc3ccc(-c4ccc(CN5CCCC5)c(F)c4)cc3)c2n1. The van der Waals surface area contributed by atoms with Crippen LogP contribution in [0, 0.1) is 5.82 Å². The molecule has 1 saturated heterocycles. The number of hydrogen-bond donors (Lipinski definition) is 2. The van der Waals surface area contributed by atoms with E-state index in [1.165, 1.54) is 17.4 Å². The Morgan fingerprint density at radius 3 is 2.53 bits per heavy atom. The zero-order valence-electron chi connectivity index (χ0n) is 20.5. The van der Waals surface area contributed by atoms with Crippen LogP contribution in [0.25, 0.3) is 22.3 Å². The third kappa shape index (κ3) is 5.11. The molecule has 0 radical (unpaired) electrons. The average Bonchev–Trinajstić information content (AvgIpc) is 3.49. The van der Waals surface area contributed by atoms with Crippen LogP contribution in [-0.4, -0.2) is 44.1 Å². The van der Waals surface area contributed by atoms with Crippen molar-refractivity contribution in [2.45, 2.75) is 45.7 Å². The Kier molecular flexibility index (Phi) is 6.99. The lowest BCUT2D eigenvalue weighted by Gasteiger charge is -2.15. The number of hydrogen-bond acceptors (Lipinski definition) is 6. The maximum absolute atomic E-state index is 14.8. The summed E-state index contributed by atoms with van der Waals surface area (Å²) < 4.78 is 21.9. The van der Waals surface area contributed by atoms with E-state index in [1.807, 2.05) is 36.4 Å². The summed E-state index contributed by atoms with van der Waals surface area (Å²) in [5, 5.41) is 0. The van der Waals surface area contributed by atoms with Gasteiger partial charge in [-0.3, -0.25) is 9.47 Å². The number of unbranched alkanes of at least 4 members (excludes halogenated alkanes) is 1. The number of likely N-dealkylation sites (tertiary alicyclic amines) is 1. The van der Waals surface area contributed by atoms with Crippen LogP contribution >= 0.6 is 0 Å². The molecule has 1 aliphatic rings. The number of nitrogen functional groups attached to an aromatic ring is 1. The minimum absolute atomic E-state index is 0.159. The highest BCUT2D eigenvalue weighted by atomic mass is 19.1. The van der Waals surface area contributed by atoms with Crippen LogP contribution in [-0.2, 0) is 13.1 Å². The third-order valence-corrected chi connectivity index (χ3v) is 6.63. The molecular weight excluding hydrogens is 459 g/mol. The molecule has 36 heavy (non-hydrogen) atoms. The molecule has 0 saturated carbocycles. The maximum Gasteiger partial charge on any atom is 0.328 e. The molecule has 0 amide bonds. The minimum atomic E-state index is -0.323. The molecule has 2 aromatic carbocycles. The third-order valence-electron chi connectivity index (χ3n) is 6.63. The molecule has 0 atom stereocenters. The predicted molar refractivity (Wildman–Crippen MR) is 138 cm³/mol. The van der Waals surface area contributed by atoms with Gasteiger partial charge in [0.2, 0.25) is 0 Å². The number of fused-ring (bicyclic) bond motifs is 1. The highest BCUT2D eigenvalue weighted by Gasteiger charge is 2.16. The second-order valence-electron chi connectivity index (χ2n) is 9.29. The van der Waals surface area contributed by atoms with E-state index in [0.29, 0.717) is 30.9 Å². The summed E-state index contributed by atoms with van der Waals surface area (Å²) in [6, 6.07) is 13.3. The van der Waals surface area contributed by atoms with Gasteiger partial charge < -0.3 is 15.5 Å². The van der Waals surface area contributed by atoms with Crippen molar-refractivity contribution in [1.29, 1.82) is 0 Å². The summed E-state index contributed by atoms with van der Waals surface area (Å²) >= 11 is 0. The van der Waals surface area contributed by atoms with Crippen LogP contribution in [0.3, 0.4) is 0 Å². The standard InChI is InChI=1S/C27H31FN6O2/c1-2-3-14-36-26-31-24(29)23-25(32-26)34(27(35)30-23)16-18-6-8-19(9-7-18)20-10-11-21(22(28)15-20)17-33-12-4-5-13-33/h6-11,15H,2-5,12-14,16-17H2,1H3,(H,30,35)(H2,29,31,32). The molecule has 5 rings (SSSR count). The molecule has 4 aromatic rings. The Bertz CT molecular complexity index is 1410. The summed E-state index contributed by atoms with van der Waals surface area (Å²) in [7, 11) is 0. The van der Waals surface area contributed by atoms with Gasteiger partial charge in [-0.1, -0.05) is 49.7 Å². The van der Waals surface area contributed by atoms with E-state index in [2.05, 4.69) is 26.8 Å². The lowest BCUT2D eigenvalue weighted by Crippen LogP contribution is -2.19. The van der Waals surface area contributed by atoms with Crippen molar-refractivity contribution in [2.75, 3.05) is 25.4 Å². The lowest BCUT2D eigenvalue weighted by molar-refractivity contribution is 0.286. The summed E-state index contributed by atoms with van der Waals surface area (Å²) in [5.41, 5.74) is 9.88. The Balaban J connectivity index is 1.34. The molecular formula is C27H31FN6O2. The monoisotopic (exact) mass is 490 g/mol. The van der Waals surface area contributed by atoms with Crippen molar-refractivity contribution in [3.05, 3.63) is 69.9 Å². The normalized spacial score (nSPS) is 14.1. The molecule has 0 aliphatic carbocycles. The number of imidazole rings is 1. The zero-order valence-corrected chi connectivity index (χ0v) is 20.5. The number of rotatable bonds is 9. The minimum Gasteiger partial charge on any atom is -0.463 e. The second-order valence-corrected chi connectivity index (χ2v) is 9.29. The smallest absolute Gasteiger partial charge is 0.328 e. The van der Waals surface area contributed by atoms with Crippen LogP contribution in [0.15, 0.2) is 47.3 Å². The average molecular weight is 491 g/mol. The molecule has 9 heteroatoms. The number of anilines is 1. The van der Waals surface area contributed by atoms with E-state index in [4.69, 9.17) is 10.5 Å². The molecule has 1 aliphatic heterocycles. The number of aromatic amines is 1. The van der Waals surface area contributed by atoms with Gasteiger partial charge >= 0.3 is 11.7 Å². The molecule has 0 bridgehead atoms. The summed E-state index contributed by atoms with van der Waals surface area (Å²) in [4.78, 5) is 26.2. The molecule has 3 N–H and O–H groups in total. The van der Waals surface area contributed by atoms with Crippen molar-refractivity contribution < 1.29 is 9.13 Å². The number of nitrogens with two attached hydrogens (primary N) is 1. The number of halogens is 1. The van der Waals surface area contributed by atoms with Crippen molar-refractivity contribution in [1.82, 2.24) is 24.4 Å². The van der Waals surface area contributed by atoms with Crippen molar-refractivity contribution in [3.63, 3.8) is 0 Å². The topological polar surface area (TPSA) is 102 Å². The fourth-order valence-electron chi connectivity index (χ4n) is 4.57. The van der Waals surface area contributed by atoms with E-state index in [1.54, 1.807) is 6.07 Å². The Hall–Kier alpha value is -3.72. The van der Waals surface area contributed by atoms with Gasteiger partial charge in [0.25, 0.3) is 0 Å². The Morgan fingerprint density at radius 1 is 1.06 bits per heavy atom. The van der Waals surface area contributed by atoms with Crippen molar-refractivity contribution in [2.24, 2.45) is 0 Å². The van der Waals surface area contributed by atoms with Crippen LogP contribution < -0.4 is 16.2 Å². The first-order valence-corrected chi connectivity index (χ1v) is 12.5. The number of H-pyrrole nitrogens is 1. The van der Waals surface area contributed by atoms with Gasteiger partial charge in [0.05, 0.1) is 13.2 Å². The van der Waals surface area contributed by atoms with Crippen molar-refractivity contribution >= 4 is 17.0 Å². The van der Waals surface area contributed by atoms with Gasteiger partial charge in [0.1, 0.15) is 11.3 Å². The van der Waals surface area contributed by atoms with E-state index in [0.717, 1.165) is 48.2 Å². The van der Waals surface area contributed by atoms with Gasteiger partial charge in [-0.05, 0) is 55.1 Å². The largest absolute Gasteiger partial charge is 0.463 e. The Labute approximate surface area is 208 Å². The van der Waals surface area contributed by atoms with E-state index < -0.39 is 0 Å². The quantitative estimate of drug-likeness (QED) is 0.339. The van der Waals surface area contributed by atoms with E-state index in [-0.39, 0.29) is 23.3 Å². The second kappa shape index (κ2) is 10.5. The summed E-state index contributed by atoms with van der Waals surface area (Å²) in [5.74, 6) is -0.00375. The van der Waals surface area contributed by atoms with E-state index in [9.17, 15) is 9.18 Å². The van der Waals surface area contributed by atoms with Crippen LogP contribution in [0.4, 0.5) is 10.2 Å². The van der Waals surface area contributed by atoms with E-state index >= 15 is 0 Å². The van der Waals surface area contributed by atoms with Gasteiger partial charge in [-0.2, -0.15) is 9.97 Å². The molecule has 3 heterocycles. The highest BCUT2D eigenvalue weighted by molar-refractivity contribution is 5.82. The van der Waals surface area contributed by atoms with Gasteiger partial charge in [0, 0.05) is 12.1 Å². The van der Waals surface area contributed by atoms with Crippen LogP contribution in [0.1, 0.15) is 43.7 Å². The van der Waals surface area contributed by atoms with Gasteiger partial charge in [0.15, 0.2) is 11.5 Å². The van der Waals surface area contributed by atoms with Crippen molar-refractivity contribution in [3.8, 4) is 17.1 Å². The van der Waals surface area contributed by atoms with Gasteiger partial charge in [-0.25, -0.2) is 9.18 Å². The van der Waals surface area contributed by atoms with Crippen LogP contribution in [0.5, 0.6) is 6.01 Å². The molecule has 2 aromatic heterocycles. The number of nitrogens with zero attached hydrogens (tertiary/aromatic N) is 4. The first-order chi connectivity index (χ1) is 17.5. The maximum atomic E-state index is 14.8. The molecule has 0 unspecified atom stereocenters. The summed E-state index contributed by atoms with van der Waals surface area (Å²) in [6.07, 6.45) is 4.23. The zero-order chi connectivity index (χ0) is 25.1. The number of nitrogens with one attached hydrogen (secondary N) is 1. The number of aromatic nitrogens is 4. The summed E-state index contributed by atoms with van der Waals surface area (Å²) in [6.45, 7) is 5.58. The molecule has 8 nitrogen and oxygen atoms in total. The molecule has 188 valence electrons. The Morgan fingerprint density at radius 2 is 1.81 bits per heavy atom. The number of ether oxygens (including phenoxy) is 1. The first-order valence-electron chi connectivity index (χ1n) is 12.5. The number of benzene rings is 2. The fraction of sp³-hybridized carbons (Fsp3) is 0.370.